The van der Waals surface area contributed by atoms with Crippen LogP contribution in [0.5, 0.6) is 0 Å². The van der Waals surface area contributed by atoms with Crippen LogP contribution >= 0.6 is 0 Å². The van der Waals surface area contributed by atoms with Crippen molar-refractivity contribution in [3.63, 3.8) is 0 Å². The van der Waals surface area contributed by atoms with Crippen molar-refractivity contribution in [2.24, 2.45) is 5.73 Å². The minimum absolute atomic E-state index is 0.00456. The molecule has 2 aliphatic rings. The van der Waals surface area contributed by atoms with Crippen LogP contribution in [0.25, 0.3) is 0 Å². The highest BCUT2D eigenvalue weighted by molar-refractivity contribution is 7.92. The lowest BCUT2D eigenvalue weighted by Crippen LogP contribution is -2.55. The number of hydrogen-bond acceptors (Lipinski definition) is 7. The quantitative estimate of drug-likeness (QED) is 0.520. The van der Waals surface area contributed by atoms with Crippen LogP contribution in [0, 0.1) is 5.41 Å². The molecule has 1 aliphatic carbocycles. The monoisotopic (exact) mass is 502 g/mol. The summed E-state index contributed by atoms with van der Waals surface area (Å²) in [7, 11) is -5.49. The Morgan fingerprint density at radius 2 is 1.82 bits per heavy atom. The van der Waals surface area contributed by atoms with Gasteiger partial charge in [-0.25, -0.2) is 12.8 Å². The summed E-state index contributed by atoms with van der Waals surface area (Å²) in [5.41, 5.74) is 0.590. The molecular weight excluding hydrogens is 480 g/mol. The Kier molecular flexibility index (Phi) is 6.14. The lowest BCUT2D eigenvalue weighted by atomic mass is 9.87. The predicted molar refractivity (Wildman–Crippen MR) is 115 cm³/mol. The highest BCUT2D eigenvalue weighted by atomic mass is 32.2. The number of rotatable bonds is 6. The molecule has 14 heteroatoms. The fraction of sp³-hybridized carbons (Fsp3) is 0.450. The number of sulfone groups is 1. The molecule has 4 N–H and O–H groups in total. The number of alkyl halides is 4. The first kappa shape index (κ1) is 24.1. The first-order chi connectivity index (χ1) is 15.9. The van der Waals surface area contributed by atoms with Gasteiger partial charge in [-0.1, -0.05) is 0 Å². The summed E-state index contributed by atoms with van der Waals surface area (Å²) in [5, 5.41) is 15.5. The number of amides is 1. The molecule has 2 atom stereocenters. The smallest absolute Gasteiger partial charge is 0.365 e. The first-order valence-electron chi connectivity index (χ1n) is 10.4. The molecule has 1 saturated carbocycles. The topological polar surface area (TPSA) is 134 Å². The number of likely N-dealkylation sites (tertiary alicyclic amines) is 1. The van der Waals surface area contributed by atoms with E-state index in [9.17, 15) is 30.8 Å². The van der Waals surface area contributed by atoms with Crippen LogP contribution in [-0.2, 0) is 9.84 Å². The number of carbonyl (C=O) groups excluding carboxylic acids is 1. The third-order valence-electron chi connectivity index (χ3n) is 6.06. The highest BCUT2D eigenvalue weighted by Gasteiger charge is 2.46. The average Bonchev–Trinajstić information content (AvgIpc) is 3.14. The molecule has 1 aliphatic heterocycles. The molecule has 1 saturated heterocycles. The SMILES string of the molecule is N=C1C[C@H](N2CC(F)C2)CC[C@@H]1n1cc(C(N)=O)c(Nc2ccc(S(=O)(=O)C(F)(F)F)cc2)n1. The molecule has 1 aromatic carbocycles. The molecule has 0 spiro atoms. The van der Waals surface area contributed by atoms with Crippen LogP contribution in [-0.4, -0.2) is 65.5 Å². The number of benzene rings is 1. The summed E-state index contributed by atoms with van der Waals surface area (Å²) in [6.07, 6.45) is 2.30. The zero-order chi connectivity index (χ0) is 24.8. The normalized spacial score (nSPS) is 22.4. The fourth-order valence-corrected chi connectivity index (χ4v) is 4.95. The number of halogens is 4. The number of hydrogen-bond donors (Lipinski definition) is 3. The lowest BCUT2D eigenvalue weighted by molar-refractivity contribution is -0.0436. The molecule has 2 aromatic rings. The van der Waals surface area contributed by atoms with Gasteiger partial charge < -0.3 is 16.5 Å². The van der Waals surface area contributed by atoms with Gasteiger partial charge in [0, 0.05) is 43.1 Å². The summed E-state index contributed by atoms with van der Waals surface area (Å²) >= 11 is 0. The van der Waals surface area contributed by atoms with Crippen LogP contribution in [0.3, 0.4) is 0 Å². The summed E-state index contributed by atoms with van der Waals surface area (Å²) in [5.74, 6) is -0.781. The molecule has 2 heterocycles. The second-order valence-corrected chi connectivity index (χ2v) is 10.3. The first-order valence-corrected chi connectivity index (χ1v) is 11.9. The minimum Gasteiger partial charge on any atom is -0.365 e. The van der Waals surface area contributed by atoms with Crippen LogP contribution in [0.4, 0.5) is 29.1 Å². The van der Waals surface area contributed by atoms with Crippen molar-refractivity contribution in [3.8, 4) is 0 Å². The third kappa shape index (κ3) is 4.51. The van der Waals surface area contributed by atoms with E-state index in [1.54, 1.807) is 0 Å². The number of carbonyl (C=O) groups is 1. The van der Waals surface area contributed by atoms with Gasteiger partial charge in [-0.15, -0.1) is 0 Å². The van der Waals surface area contributed by atoms with Gasteiger partial charge in [0.15, 0.2) is 5.82 Å². The third-order valence-corrected chi connectivity index (χ3v) is 7.56. The fourth-order valence-electron chi connectivity index (χ4n) is 4.19. The van der Waals surface area contributed by atoms with Gasteiger partial charge in [0.25, 0.3) is 15.7 Å². The summed E-state index contributed by atoms with van der Waals surface area (Å²) in [4.78, 5) is 13.0. The van der Waals surface area contributed by atoms with Gasteiger partial charge in [0.05, 0.1) is 10.9 Å². The summed E-state index contributed by atoms with van der Waals surface area (Å²) < 4.78 is 75.8. The average molecular weight is 502 g/mol. The van der Waals surface area contributed by atoms with E-state index in [0.717, 1.165) is 30.7 Å². The van der Waals surface area contributed by atoms with Gasteiger partial charge in [0.1, 0.15) is 11.7 Å². The van der Waals surface area contributed by atoms with Gasteiger partial charge >= 0.3 is 5.51 Å². The highest BCUT2D eigenvalue weighted by Crippen LogP contribution is 2.33. The van der Waals surface area contributed by atoms with Crippen LogP contribution < -0.4 is 11.1 Å². The van der Waals surface area contributed by atoms with E-state index in [1.165, 1.54) is 10.9 Å². The van der Waals surface area contributed by atoms with Crippen molar-refractivity contribution in [2.45, 2.75) is 47.9 Å². The second-order valence-electron chi connectivity index (χ2n) is 8.36. The van der Waals surface area contributed by atoms with E-state index in [0.29, 0.717) is 31.6 Å². The molecule has 2 fully saturated rings. The number of nitrogens with zero attached hydrogens (tertiary/aromatic N) is 3. The maximum atomic E-state index is 13.2. The Hall–Kier alpha value is -3.00. The number of primary amides is 1. The molecule has 1 amide bonds. The molecular formula is C20H22F4N6O3S. The van der Waals surface area contributed by atoms with Crippen molar-refractivity contribution >= 4 is 33.0 Å². The Bertz CT molecular complexity index is 1210. The Balaban J connectivity index is 1.51. The number of nitrogens with one attached hydrogen (secondary N) is 2. The Morgan fingerprint density at radius 1 is 1.18 bits per heavy atom. The summed E-state index contributed by atoms with van der Waals surface area (Å²) in [6, 6.07) is 3.47. The molecule has 9 nitrogen and oxygen atoms in total. The van der Waals surface area contributed by atoms with E-state index in [2.05, 4.69) is 10.4 Å². The van der Waals surface area contributed by atoms with Gasteiger partial charge in [-0.3, -0.25) is 14.4 Å². The Morgan fingerprint density at radius 3 is 2.35 bits per heavy atom. The van der Waals surface area contributed by atoms with Gasteiger partial charge in [-0.2, -0.15) is 18.3 Å². The standard InChI is InChI=1S/C20H22F4N6O3S/c21-11-8-29(9-11)13-3-6-17(16(25)7-13)30-10-15(18(26)31)19(28-30)27-12-1-4-14(5-2-12)34(32,33)20(22,23)24/h1-2,4-5,10-11,13,17,25H,3,6-9H2,(H2,26,31)(H,27,28)/t13-,17+/m1/s1. The Labute approximate surface area is 192 Å². The number of anilines is 2. The molecule has 0 bridgehead atoms. The number of nitrogens with two attached hydrogens (primary N) is 1. The van der Waals surface area contributed by atoms with Crippen molar-refractivity contribution in [1.29, 1.82) is 5.41 Å². The molecule has 34 heavy (non-hydrogen) atoms. The molecule has 1 aromatic heterocycles. The lowest BCUT2D eigenvalue weighted by Gasteiger charge is -2.43. The maximum Gasteiger partial charge on any atom is 0.501 e. The van der Waals surface area contributed by atoms with Crippen molar-refractivity contribution in [2.75, 3.05) is 18.4 Å². The molecule has 4 rings (SSSR count). The van der Waals surface area contributed by atoms with Crippen LogP contribution in [0.15, 0.2) is 35.4 Å². The van der Waals surface area contributed by atoms with Crippen molar-refractivity contribution in [3.05, 3.63) is 36.0 Å². The zero-order valence-corrected chi connectivity index (χ0v) is 18.5. The number of aromatic nitrogens is 2. The predicted octanol–water partition coefficient (Wildman–Crippen LogP) is 2.79. The van der Waals surface area contributed by atoms with Crippen LogP contribution in [0.1, 0.15) is 35.7 Å². The summed E-state index contributed by atoms with van der Waals surface area (Å²) in [6.45, 7) is 0.737. The van der Waals surface area contributed by atoms with Crippen molar-refractivity contribution < 1.29 is 30.8 Å². The zero-order valence-electron chi connectivity index (χ0n) is 17.7. The van der Waals surface area contributed by atoms with E-state index in [-0.39, 0.29) is 23.1 Å². The maximum absolute atomic E-state index is 13.2. The van der Waals surface area contributed by atoms with Crippen molar-refractivity contribution in [1.82, 2.24) is 14.7 Å². The molecule has 0 unspecified atom stereocenters. The van der Waals surface area contributed by atoms with Crippen LogP contribution in [0.2, 0.25) is 0 Å². The second kappa shape index (κ2) is 8.65. The van der Waals surface area contributed by atoms with E-state index >= 15 is 0 Å². The van der Waals surface area contributed by atoms with Gasteiger partial charge in [-0.05, 0) is 37.1 Å². The minimum atomic E-state index is -5.49. The molecule has 184 valence electrons. The van der Waals surface area contributed by atoms with Gasteiger partial charge in [0.2, 0.25) is 0 Å². The largest absolute Gasteiger partial charge is 0.501 e. The van der Waals surface area contributed by atoms with E-state index in [4.69, 9.17) is 11.1 Å². The van der Waals surface area contributed by atoms with E-state index in [1.807, 2.05) is 4.90 Å². The van der Waals surface area contributed by atoms with E-state index < -0.39 is 38.4 Å². The molecule has 0 radical (unpaired) electrons.